The van der Waals surface area contributed by atoms with Crippen LogP contribution in [0.2, 0.25) is 0 Å². The lowest BCUT2D eigenvalue weighted by atomic mass is 10.0. The predicted molar refractivity (Wildman–Crippen MR) is 153 cm³/mol. The van der Waals surface area contributed by atoms with Gasteiger partial charge in [-0.1, -0.05) is 54.1 Å². The molecule has 8 nitrogen and oxygen atoms in total. The molecule has 0 aromatic heterocycles. The molecule has 3 aromatic rings. The highest BCUT2D eigenvalue weighted by molar-refractivity contribution is 7.89. The standard InChI is InChI=1S/C30H39N3O5S/c1-23-9-12-26(13-10-23)39(35,36)31-27(19-24-7-5-4-6-8-24)28(34)22-33-17-15-32(16-18-33)21-25-11-14-29(37-2)30(20-25)38-3/h4-14,20,27-28,31,34H,15-19,21-22H2,1-3H3/t27-,28+/m0/s1. The van der Waals surface area contributed by atoms with E-state index in [4.69, 9.17) is 9.47 Å². The number of benzene rings is 3. The maximum Gasteiger partial charge on any atom is 0.240 e. The first-order valence-corrected chi connectivity index (χ1v) is 14.7. The van der Waals surface area contributed by atoms with E-state index in [0.717, 1.165) is 49.4 Å². The molecule has 1 saturated heterocycles. The van der Waals surface area contributed by atoms with Crippen LogP contribution in [0.15, 0.2) is 77.7 Å². The fourth-order valence-electron chi connectivity index (χ4n) is 4.87. The molecule has 2 N–H and O–H groups in total. The van der Waals surface area contributed by atoms with Crippen molar-refractivity contribution in [2.75, 3.05) is 46.9 Å². The van der Waals surface area contributed by atoms with E-state index in [0.29, 0.717) is 24.5 Å². The van der Waals surface area contributed by atoms with Crippen molar-refractivity contribution < 1.29 is 23.0 Å². The van der Waals surface area contributed by atoms with Crippen LogP contribution in [0.4, 0.5) is 0 Å². The summed E-state index contributed by atoms with van der Waals surface area (Å²) in [6, 6.07) is 21.7. The summed E-state index contributed by atoms with van der Waals surface area (Å²) in [7, 11) is -0.528. The molecule has 0 bridgehead atoms. The lowest BCUT2D eigenvalue weighted by molar-refractivity contribution is 0.0549. The Morgan fingerprint density at radius 3 is 2.13 bits per heavy atom. The van der Waals surface area contributed by atoms with Crippen molar-refractivity contribution in [2.45, 2.75) is 36.9 Å². The molecule has 2 atom stereocenters. The van der Waals surface area contributed by atoms with Crippen molar-refractivity contribution in [3.05, 3.63) is 89.5 Å². The Kier molecular flexibility index (Phi) is 9.99. The highest BCUT2D eigenvalue weighted by atomic mass is 32.2. The number of ether oxygens (including phenoxy) is 2. The number of aliphatic hydroxyl groups excluding tert-OH is 1. The molecule has 0 unspecified atom stereocenters. The predicted octanol–water partition coefficient (Wildman–Crippen LogP) is 3.08. The van der Waals surface area contributed by atoms with Gasteiger partial charge in [0.1, 0.15) is 0 Å². The molecular weight excluding hydrogens is 514 g/mol. The summed E-state index contributed by atoms with van der Waals surface area (Å²) in [5, 5.41) is 11.3. The second-order valence-corrected chi connectivity index (χ2v) is 11.8. The topological polar surface area (TPSA) is 91.3 Å². The Labute approximate surface area is 232 Å². The zero-order valence-electron chi connectivity index (χ0n) is 22.9. The van der Waals surface area contributed by atoms with Gasteiger partial charge in [0.25, 0.3) is 0 Å². The third kappa shape index (κ3) is 8.03. The molecule has 1 heterocycles. The molecule has 0 aliphatic carbocycles. The summed E-state index contributed by atoms with van der Waals surface area (Å²) in [6.07, 6.45) is -0.477. The summed E-state index contributed by atoms with van der Waals surface area (Å²) in [5.74, 6) is 1.43. The molecule has 0 spiro atoms. The molecule has 210 valence electrons. The first-order chi connectivity index (χ1) is 18.8. The number of hydrogen-bond acceptors (Lipinski definition) is 7. The second-order valence-electron chi connectivity index (χ2n) is 10.1. The van der Waals surface area contributed by atoms with E-state index in [9.17, 15) is 13.5 Å². The van der Waals surface area contributed by atoms with E-state index in [2.05, 4.69) is 14.5 Å². The Balaban J connectivity index is 1.38. The number of piperazine rings is 1. The average molecular weight is 554 g/mol. The van der Waals surface area contributed by atoms with Gasteiger partial charge in [-0.2, -0.15) is 0 Å². The number of nitrogens with zero attached hydrogens (tertiary/aromatic N) is 2. The number of aliphatic hydroxyl groups is 1. The van der Waals surface area contributed by atoms with Crippen LogP contribution in [0, 0.1) is 6.92 Å². The van der Waals surface area contributed by atoms with Crippen LogP contribution >= 0.6 is 0 Å². The van der Waals surface area contributed by atoms with Gasteiger partial charge in [0.05, 0.1) is 31.3 Å². The lowest BCUT2D eigenvalue weighted by Crippen LogP contribution is -2.53. The number of hydrogen-bond donors (Lipinski definition) is 2. The summed E-state index contributed by atoms with van der Waals surface area (Å²) in [6.45, 7) is 6.36. The number of rotatable bonds is 12. The summed E-state index contributed by atoms with van der Waals surface area (Å²) in [4.78, 5) is 4.77. The van der Waals surface area contributed by atoms with Crippen LogP contribution in [0.1, 0.15) is 16.7 Å². The van der Waals surface area contributed by atoms with E-state index in [1.165, 1.54) is 0 Å². The Bertz CT molecular complexity index is 1290. The fourth-order valence-corrected chi connectivity index (χ4v) is 6.14. The molecule has 0 amide bonds. The number of β-amino-alcohol motifs (C(OH)–C–C–N with tert-alkyl or cyclic N) is 1. The van der Waals surface area contributed by atoms with Gasteiger partial charge in [-0.25, -0.2) is 13.1 Å². The molecule has 3 aromatic carbocycles. The van der Waals surface area contributed by atoms with Crippen LogP contribution in [0.3, 0.4) is 0 Å². The van der Waals surface area contributed by atoms with E-state index in [1.54, 1.807) is 38.5 Å². The highest BCUT2D eigenvalue weighted by Gasteiger charge is 2.29. The third-order valence-electron chi connectivity index (χ3n) is 7.17. The van der Waals surface area contributed by atoms with Crippen LogP contribution in [-0.4, -0.2) is 82.4 Å². The Hall–Kier alpha value is -2.95. The monoisotopic (exact) mass is 553 g/mol. The van der Waals surface area contributed by atoms with Crippen LogP contribution < -0.4 is 14.2 Å². The van der Waals surface area contributed by atoms with E-state index >= 15 is 0 Å². The smallest absolute Gasteiger partial charge is 0.240 e. The summed E-state index contributed by atoms with van der Waals surface area (Å²) < 4.78 is 39.9. The Morgan fingerprint density at radius 2 is 1.49 bits per heavy atom. The van der Waals surface area contributed by atoms with Crippen LogP contribution in [0.5, 0.6) is 11.5 Å². The molecule has 9 heteroatoms. The van der Waals surface area contributed by atoms with Crippen molar-refractivity contribution in [2.24, 2.45) is 0 Å². The number of sulfonamides is 1. The van der Waals surface area contributed by atoms with Crippen LogP contribution in [0.25, 0.3) is 0 Å². The molecule has 0 radical (unpaired) electrons. The van der Waals surface area contributed by atoms with E-state index in [-0.39, 0.29) is 4.90 Å². The van der Waals surface area contributed by atoms with Gasteiger partial charge in [-0.15, -0.1) is 0 Å². The SMILES string of the molecule is COc1ccc(CN2CCN(C[C@@H](O)[C@H](Cc3ccccc3)NS(=O)(=O)c3ccc(C)cc3)CC2)cc1OC. The largest absolute Gasteiger partial charge is 0.493 e. The molecule has 0 saturated carbocycles. The highest BCUT2D eigenvalue weighted by Crippen LogP contribution is 2.28. The van der Waals surface area contributed by atoms with Gasteiger partial charge in [-0.05, 0) is 48.7 Å². The first kappa shape index (κ1) is 29.0. The second kappa shape index (κ2) is 13.4. The third-order valence-corrected chi connectivity index (χ3v) is 8.67. The van der Waals surface area contributed by atoms with E-state index < -0.39 is 22.2 Å². The first-order valence-electron chi connectivity index (χ1n) is 13.2. The molecule has 1 fully saturated rings. The molecule has 1 aliphatic heterocycles. The van der Waals surface area contributed by atoms with E-state index in [1.807, 2.05) is 55.5 Å². The minimum atomic E-state index is -3.79. The summed E-state index contributed by atoms with van der Waals surface area (Å²) >= 11 is 0. The van der Waals surface area contributed by atoms with Gasteiger partial charge >= 0.3 is 0 Å². The molecular formula is C30H39N3O5S. The van der Waals surface area contributed by atoms with Crippen molar-refractivity contribution in [3.8, 4) is 11.5 Å². The average Bonchev–Trinajstić information content (AvgIpc) is 2.94. The zero-order valence-corrected chi connectivity index (χ0v) is 23.7. The maximum atomic E-state index is 13.2. The number of aryl methyl sites for hydroxylation is 1. The van der Waals surface area contributed by atoms with Gasteiger partial charge in [0, 0.05) is 39.3 Å². The van der Waals surface area contributed by atoms with Crippen LogP contribution in [-0.2, 0) is 23.0 Å². The van der Waals surface area contributed by atoms with Crippen molar-refractivity contribution in [1.29, 1.82) is 0 Å². The minimum absolute atomic E-state index is 0.196. The molecule has 4 rings (SSSR count). The van der Waals surface area contributed by atoms with Crippen molar-refractivity contribution in [1.82, 2.24) is 14.5 Å². The summed E-state index contributed by atoms with van der Waals surface area (Å²) in [5.41, 5.74) is 3.10. The number of nitrogens with one attached hydrogen (secondary N) is 1. The van der Waals surface area contributed by atoms with Gasteiger partial charge < -0.3 is 14.6 Å². The number of methoxy groups -OCH3 is 2. The quantitative estimate of drug-likeness (QED) is 0.356. The molecule has 39 heavy (non-hydrogen) atoms. The van der Waals surface area contributed by atoms with Gasteiger partial charge in [-0.3, -0.25) is 9.80 Å². The lowest BCUT2D eigenvalue weighted by Gasteiger charge is -2.37. The van der Waals surface area contributed by atoms with Gasteiger partial charge in [0.2, 0.25) is 10.0 Å². The van der Waals surface area contributed by atoms with Crippen molar-refractivity contribution in [3.63, 3.8) is 0 Å². The van der Waals surface area contributed by atoms with Gasteiger partial charge in [0.15, 0.2) is 11.5 Å². The fraction of sp³-hybridized carbons (Fsp3) is 0.400. The van der Waals surface area contributed by atoms with Crippen molar-refractivity contribution >= 4 is 10.0 Å². The molecule has 1 aliphatic rings. The zero-order chi connectivity index (χ0) is 27.8. The Morgan fingerprint density at radius 1 is 0.846 bits per heavy atom. The minimum Gasteiger partial charge on any atom is -0.493 e. The normalized spacial score (nSPS) is 16.5. The maximum absolute atomic E-state index is 13.2.